The summed E-state index contributed by atoms with van der Waals surface area (Å²) in [7, 11) is 5.45. The molecule has 0 radical (unpaired) electrons. The molecule has 3 aromatic carbocycles. The van der Waals surface area contributed by atoms with Gasteiger partial charge in [0.05, 0.1) is 19.8 Å². The average Bonchev–Trinajstić information content (AvgIpc) is 2.66. The lowest BCUT2D eigenvalue weighted by Gasteiger charge is -2.12. The van der Waals surface area contributed by atoms with Crippen LogP contribution in [0, 0.1) is 6.92 Å². The minimum absolute atomic E-state index is 0.793. The average molecular weight is 344 g/mol. The fourth-order valence-electron chi connectivity index (χ4n) is 3.57. The number of aromatic nitrogens is 1. The van der Waals surface area contributed by atoms with Crippen LogP contribution in [0.15, 0.2) is 60.8 Å². The van der Waals surface area contributed by atoms with Gasteiger partial charge in [0, 0.05) is 23.1 Å². The summed E-state index contributed by atoms with van der Waals surface area (Å²) >= 11 is 0. The lowest BCUT2D eigenvalue weighted by Crippen LogP contribution is -2.30. The minimum Gasteiger partial charge on any atom is -0.497 e. The molecule has 0 saturated carbocycles. The van der Waals surface area contributed by atoms with Gasteiger partial charge in [-0.2, -0.15) is 0 Å². The molecule has 26 heavy (non-hydrogen) atoms. The van der Waals surface area contributed by atoms with E-state index in [9.17, 15) is 0 Å². The van der Waals surface area contributed by atoms with E-state index < -0.39 is 0 Å². The lowest BCUT2D eigenvalue weighted by molar-refractivity contribution is -0.659. The maximum Gasteiger partial charge on any atom is 0.213 e. The highest BCUT2D eigenvalue weighted by Gasteiger charge is 2.18. The van der Waals surface area contributed by atoms with E-state index in [0.717, 1.165) is 28.3 Å². The van der Waals surface area contributed by atoms with Crippen molar-refractivity contribution in [2.24, 2.45) is 7.05 Å². The number of ether oxygens (including phenoxy) is 2. The molecular formula is C23H22NO2+. The number of fused-ring (bicyclic) bond motifs is 2. The first-order chi connectivity index (χ1) is 12.6. The molecule has 1 aromatic heterocycles. The Morgan fingerprint density at radius 2 is 1.46 bits per heavy atom. The highest BCUT2D eigenvalue weighted by atomic mass is 16.5. The Balaban J connectivity index is 1.99. The molecule has 4 rings (SSSR count). The Morgan fingerprint density at radius 3 is 2.12 bits per heavy atom. The summed E-state index contributed by atoms with van der Waals surface area (Å²) in [5.74, 6) is 1.62. The predicted octanol–water partition coefficient (Wildman–Crippen LogP) is 4.81. The summed E-state index contributed by atoms with van der Waals surface area (Å²) in [5.41, 5.74) is 3.34. The first kappa shape index (κ1) is 16.4. The van der Waals surface area contributed by atoms with Crippen molar-refractivity contribution >= 4 is 21.5 Å². The van der Waals surface area contributed by atoms with Crippen molar-refractivity contribution in [2.75, 3.05) is 14.2 Å². The third-order valence-corrected chi connectivity index (χ3v) is 5.02. The third-order valence-electron chi connectivity index (χ3n) is 5.02. The van der Waals surface area contributed by atoms with E-state index >= 15 is 0 Å². The molecule has 130 valence electrons. The van der Waals surface area contributed by atoms with E-state index in [4.69, 9.17) is 9.47 Å². The van der Waals surface area contributed by atoms with Crippen LogP contribution < -0.4 is 14.0 Å². The van der Waals surface area contributed by atoms with E-state index in [1.54, 1.807) is 14.2 Å². The van der Waals surface area contributed by atoms with Crippen molar-refractivity contribution in [3.63, 3.8) is 0 Å². The van der Waals surface area contributed by atoms with Gasteiger partial charge in [-0.3, -0.25) is 0 Å². The standard InChI is InChI=1S/C23H22NO2/c1-15-21(12-20(25-3)13-23(15)26-4)22-11-18-9-16-7-5-6-8-17(16)10-19(18)14-24(22)2/h5-14H,1-4H3/q+1. The molecule has 0 spiro atoms. The van der Waals surface area contributed by atoms with Gasteiger partial charge in [0.25, 0.3) is 0 Å². The molecule has 0 saturated heterocycles. The lowest BCUT2D eigenvalue weighted by atomic mass is 9.99. The van der Waals surface area contributed by atoms with Gasteiger partial charge in [0.2, 0.25) is 5.69 Å². The highest BCUT2D eigenvalue weighted by molar-refractivity contribution is 5.98. The summed E-state index contributed by atoms with van der Waals surface area (Å²) in [6, 6.07) is 19.2. The number of hydrogen-bond donors (Lipinski definition) is 0. The van der Waals surface area contributed by atoms with Gasteiger partial charge in [0.1, 0.15) is 18.5 Å². The second-order valence-corrected chi connectivity index (χ2v) is 6.60. The summed E-state index contributed by atoms with van der Waals surface area (Å²) in [4.78, 5) is 0. The van der Waals surface area contributed by atoms with Crippen LogP contribution in [0.3, 0.4) is 0 Å². The zero-order valence-corrected chi connectivity index (χ0v) is 15.5. The maximum atomic E-state index is 5.55. The molecule has 0 N–H and O–H groups in total. The van der Waals surface area contributed by atoms with Crippen molar-refractivity contribution in [1.82, 2.24) is 0 Å². The van der Waals surface area contributed by atoms with E-state index in [2.05, 4.69) is 73.3 Å². The number of aryl methyl sites for hydroxylation is 1. The van der Waals surface area contributed by atoms with E-state index in [1.165, 1.54) is 21.5 Å². The van der Waals surface area contributed by atoms with Crippen molar-refractivity contribution in [3.8, 4) is 22.8 Å². The largest absolute Gasteiger partial charge is 0.497 e. The van der Waals surface area contributed by atoms with Gasteiger partial charge >= 0.3 is 0 Å². The maximum absolute atomic E-state index is 5.55. The fourth-order valence-corrected chi connectivity index (χ4v) is 3.57. The summed E-state index contributed by atoms with van der Waals surface area (Å²) < 4.78 is 13.2. The van der Waals surface area contributed by atoms with E-state index in [1.807, 2.05) is 6.07 Å². The minimum atomic E-state index is 0.793. The quantitative estimate of drug-likeness (QED) is 0.393. The van der Waals surface area contributed by atoms with Gasteiger partial charge in [-0.1, -0.05) is 24.3 Å². The van der Waals surface area contributed by atoms with Crippen LogP contribution in [0.2, 0.25) is 0 Å². The van der Waals surface area contributed by atoms with E-state index in [0.29, 0.717) is 0 Å². The zero-order valence-electron chi connectivity index (χ0n) is 15.5. The van der Waals surface area contributed by atoms with Crippen molar-refractivity contribution in [1.29, 1.82) is 0 Å². The Labute approximate surface area is 153 Å². The molecular weight excluding hydrogens is 322 g/mol. The summed E-state index contributed by atoms with van der Waals surface area (Å²) in [6.07, 6.45) is 2.18. The number of hydrogen-bond acceptors (Lipinski definition) is 2. The van der Waals surface area contributed by atoms with Crippen LogP contribution in [0.4, 0.5) is 0 Å². The Hall–Kier alpha value is -3.07. The van der Waals surface area contributed by atoms with Gasteiger partial charge in [0.15, 0.2) is 6.20 Å². The molecule has 4 aromatic rings. The van der Waals surface area contributed by atoms with Gasteiger partial charge < -0.3 is 9.47 Å². The number of benzene rings is 3. The van der Waals surface area contributed by atoms with Crippen LogP contribution in [0.1, 0.15) is 5.56 Å². The van der Waals surface area contributed by atoms with Crippen LogP contribution >= 0.6 is 0 Å². The molecule has 0 bridgehead atoms. The van der Waals surface area contributed by atoms with Crippen molar-refractivity contribution < 1.29 is 14.0 Å². The third kappa shape index (κ3) is 2.66. The first-order valence-corrected chi connectivity index (χ1v) is 8.66. The first-order valence-electron chi connectivity index (χ1n) is 8.66. The van der Waals surface area contributed by atoms with Crippen molar-refractivity contribution in [3.05, 3.63) is 66.4 Å². The van der Waals surface area contributed by atoms with Gasteiger partial charge in [-0.05, 0) is 41.3 Å². The molecule has 0 atom stereocenters. The Bertz CT molecular complexity index is 1130. The molecule has 0 aliphatic rings. The second-order valence-electron chi connectivity index (χ2n) is 6.60. The second kappa shape index (κ2) is 6.34. The molecule has 1 heterocycles. The molecule has 3 heteroatoms. The summed E-state index contributed by atoms with van der Waals surface area (Å²) in [6.45, 7) is 2.08. The van der Waals surface area contributed by atoms with Gasteiger partial charge in [-0.15, -0.1) is 0 Å². The highest BCUT2D eigenvalue weighted by Crippen LogP contribution is 2.34. The SMILES string of the molecule is COc1cc(OC)c(C)c(-c2cc3cc4ccccc4cc3c[n+]2C)c1. The normalized spacial score (nSPS) is 11.1. The molecule has 0 fully saturated rings. The Morgan fingerprint density at radius 1 is 0.769 bits per heavy atom. The number of rotatable bonds is 3. The zero-order chi connectivity index (χ0) is 18.3. The molecule has 3 nitrogen and oxygen atoms in total. The van der Waals surface area contributed by atoms with Crippen LogP contribution in [0.5, 0.6) is 11.5 Å². The van der Waals surface area contributed by atoms with Crippen LogP contribution in [0.25, 0.3) is 32.8 Å². The topological polar surface area (TPSA) is 22.3 Å². The Kier molecular flexibility index (Phi) is 4.00. The van der Waals surface area contributed by atoms with E-state index in [-0.39, 0.29) is 0 Å². The van der Waals surface area contributed by atoms with Crippen LogP contribution in [-0.2, 0) is 7.05 Å². The summed E-state index contributed by atoms with van der Waals surface area (Å²) in [5, 5.41) is 4.95. The van der Waals surface area contributed by atoms with Crippen LogP contribution in [-0.4, -0.2) is 14.2 Å². The number of pyridine rings is 1. The van der Waals surface area contributed by atoms with Crippen molar-refractivity contribution in [2.45, 2.75) is 6.92 Å². The molecule has 0 unspecified atom stereocenters. The molecule has 0 aliphatic heterocycles. The smallest absolute Gasteiger partial charge is 0.213 e. The number of methoxy groups -OCH3 is 2. The fraction of sp³-hybridized carbons (Fsp3) is 0.174. The number of nitrogens with zero attached hydrogens (tertiary/aromatic N) is 1. The molecule has 0 aliphatic carbocycles. The monoisotopic (exact) mass is 344 g/mol. The predicted molar refractivity (Wildman–Crippen MR) is 106 cm³/mol. The van der Waals surface area contributed by atoms with Gasteiger partial charge in [-0.25, -0.2) is 4.57 Å². The molecule has 0 amide bonds.